The van der Waals surface area contributed by atoms with Crippen molar-refractivity contribution >= 4 is 46.6 Å². The lowest BCUT2D eigenvalue weighted by molar-refractivity contribution is 0.904. The third-order valence-electron chi connectivity index (χ3n) is 1.91. The van der Waals surface area contributed by atoms with Gasteiger partial charge in [-0.3, -0.25) is 0 Å². The Morgan fingerprint density at radius 3 is 2.59 bits per heavy atom. The molecular weight excluding hydrogens is 301 g/mol. The summed E-state index contributed by atoms with van der Waals surface area (Å²) in [7, 11) is 0. The minimum Gasteiger partial charge on any atom is -0.207 e. The molecule has 7 heteroatoms. The van der Waals surface area contributed by atoms with Crippen LogP contribution in [-0.4, -0.2) is 15.2 Å². The largest absolute Gasteiger partial charge is 0.244 e. The fraction of sp³-hybridized carbons (Fsp3) is 0.100. The zero-order valence-electron chi connectivity index (χ0n) is 8.40. The van der Waals surface area contributed by atoms with E-state index < -0.39 is 0 Å². The summed E-state index contributed by atoms with van der Waals surface area (Å²) in [6.07, 6.45) is 0. The number of rotatable bonds is 3. The van der Waals surface area contributed by atoms with Crippen LogP contribution in [0.25, 0.3) is 0 Å². The van der Waals surface area contributed by atoms with Gasteiger partial charge in [0.2, 0.25) is 5.28 Å². The van der Waals surface area contributed by atoms with Gasteiger partial charge in [0.1, 0.15) is 5.03 Å². The second-order valence-corrected chi connectivity index (χ2v) is 5.12. The second-order valence-electron chi connectivity index (χ2n) is 3.06. The quantitative estimate of drug-likeness (QED) is 0.799. The molecular formula is C10H6Cl3N3S. The van der Waals surface area contributed by atoms with Gasteiger partial charge in [-0.1, -0.05) is 53.2 Å². The Labute approximate surface area is 118 Å². The van der Waals surface area contributed by atoms with E-state index in [1.165, 1.54) is 11.8 Å². The van der Waals surface area contributed by atoms with Gasteiger partial charge in [0.05, 0.1) is 0 Å². The molecule has 0 amide bonds. The van der Waals surface area contributed by atoms with Gasteiger partial charge in [-0.15, -0.1) is 10.2 Å². The molecule has 0 atom stereocenters. The Morgan fingerprint density at radius 2 is 1.82 bits per heavy atom. The second kappa shape index (κ2) is 5.87. The normalized spacial score (nSPS) is 10.5. The molecule has 17 heavy (non-hydrogen) atoms. The number of benzene rings is 1. The first-order valence-electron chi connectivity index (χ1n) is 4.59. The van der Waals surface area contributed by atoms with Gasteiger partial charge < -0.3 is 0 Å². The monoisotopic (exact) mass is 305 g/mol. The van der Waals surface area contributed by atoms with Crippen LogP contribution in [0.2, 0.25) is 15.5 Å². The van der Waals surface area contributed by atoms with Gasteiger partial charge in [-0.05, 0) is 23.2 Å². The van der Waals surface area contributed by atoms with Crippen LogP contribution in [0.5, 0.6) is 0 Å². The van der Waals surface area contributed by atoms with E-state index in [1.807, 2.05) is 24.3 Å². The van der Waals surface area contributed by atoms with Gasteiger partial charge in [-0.25, -0.2) is 4.98 Å². The highest BCUT2D eigenvalue weighted by molar-refractivity contribution is 7.98. The first kappa shape index (κ1) is 12.9. The number of thioether (sulfide) groups is 1. The molecule has 0 bridgehead atoms. The molecule has 1 heterocycles. The predicted molar refractivity (Wildman–Crippen MR) is 70.9 cm³/mol. The van der Waals surface area contributed by atoms with Crippen molar-refractivity contribution in [3.63, 3.8) is 0 Å². The van der Waals surface area contributed by atoms with E-state index >= 15 is 0 Å². The van der Waals surface area contributed by atoms with Crippen molar-refractivity contribution in [3.8, 4) is 0 Å². The molecule has 1 aromatic carbocycles. The fourth-order valence-corrected chi connectivity index (χ4v) is 2.69. The van der Waals surface area contributed by atoms with E-state index in [1.54, 1.807) is 0 Å². The Hall–Kier alpha value is -0.550. The van der Waals surface area contributed by atoms with Crippen LogP contribution in [0, 0.1) is 0 Å². The highest BCUT2D eigenvalue weighted by Gasteiger charge is 2.08. The number of halogens is 3. The van der Waals surface area contributed by atoms with Crippen molar-refractivity contribution in [2.45, 2.75) is 10.8 Å². The summed E-state index contributed by atoms with van der Waals surface area (Å²) in [6, 6.07) is 7.59. The number of hydrogen-bond acceptors (Lipinski definition) is 4. The molecule has 0 aliphatic rings. The fourth-order valence-electron chi connectivity index (χ4n) is 1.13. The summed E-state index contributed by atoms with van der Waals surface area (Å²) < 4.78 is 0. The van der Waals surface area contributed by atoms with Gasteiger partial charge in [0.15, 0.2) is 5.15 Å². The van der Waals surface area contributed by atoms with Crippen molar-refractivity contribution in [3.05, 3.63) is 45.3 Å². The Bertz CT molecular complexity index is 536. The van der Waals surface area contributed by atoms with E-state index in [2.05, 4.69) is 15.2 Å². The van der Waals surface area contributed by atoms with Crippen molar-refractivity contribution < 1.29 is 0 Å². The van der Waals surface area contributed by atoms with E-state index in [-0.39, 0.29) is 10.4 Å². The first-order valence-corrected chi connectivity index (χ1v) is 6.70. The molecule has 0 saturated carbocycles. The van der Waals surface area contributed by atoms with Crippen LogP contribution < -0.4 is 0 Å². The van der Waals surface area contributed by atoms with Crippen molar-refractivity contribution in [1.82, 2.24) is 15.2 Å². The van der Waals surface area contributed by atoms with Gasteiger partial charge in [0, 0.05) is 10.8 Å². The molecule has 0 spiro atoms. The first-order chi connectivity index (χ1) is 8.16. The molecule has 0 N–H and O–H groups in total. The summed E-state index contributed by atoms with van der Waals surface area (Å²) in [5, 5.41) is 8.81. The molecule has 0 fully saturated rings. The summed E-state index contributed by atoms with van der Waals surface area (Å²) in [5.41, 5.74) is 1.00. The maximum absolute atomic E-state index is 6.04. The zero-order valence-corrected chi connectivity index (χ0v) is 11.5. The Balaban J connectivity index is 2.12. The van der Waals surface area contributed by atoms with Crippen LogP contribution in [0.1, 0.15) is 5.56 Å². The maximum atomic E-state index is 6.04. The standard InChI is InChI=1S/C10H6Cl3N3S/c11-7-4-2-1-3-6(7)5-17-9-8(12)15-16-10(13)14-9/h1-4H,5H2. The van der Waals surface area contributed by atoms with Crippen LogP contribution >= 0.6 is 46.6 Å². The molecule has 0 radical (unpaired) electrons. The lowest BCUT2D eigenvalue weighted by Crippen LogP contribution is -1.92. The highest BCUT2D eigenvalue weighted by atomic mass is 35.5. The van der Waals surface area contributed by atoms with Gasteiger partial charge in [0.25, 0.3) is 0 Å². The third-order valence-corrected chi connectivity index (χ3v) is 3.82. The predicted octanol–water partition coefficient (Wildman–Crippen LogP) is 4.12. The van der Waals surface area contributed by atoms with E-state index in [9.17, 15) is 0 Å². The molecule has 0 aliphatic heterocycles. The Kier molecular flexibility index (Phi) is 4.45. The van der Waals surface area contributed by atoms with E-state index in [4.69, 9.17) is 34.8 Å². The van der Waals surface area contributed by atoms with E-state index in [0.29, 0.717) is 15.8 Å². The molecule has 1 aromatic heterocycles. The zero-order chi connectivity index (χ0) is 12.3. The average Bonchev–Trinajstić information content (AvgIpc) is 2.32. The van der Waals surface area contributed by atoms with Crippen molar-refractivity contribution in [2.24, 2.45) is 0 Å². The minimum atomic E-state index is 0.0797. The highest BCUT2D eigenvalue weighted by Crippen LogP contribution is 2.29. The Morgan fingerprint density at radius 1 is 1.06 bits per heavy atom. The maximum Gasteiger partial charge on any atom is 0.244 e. The molecule has 2 rings (SSSR count). The third kappa shape index (κ3) is 3.45. The van der Waals surface area contributed by atoms with Crippen LogP contribution in [-0.2, 0) is 5.75 Å². The van der Waals surface area contributed by atoms with Crippen LogP contribution in [0.15, 0.2) is 29.3 Å². The molecule has 2 aromatic rings. The van der Waals surface area contributed by atoms with Crippen LogP contribution in [0.4, 0.5) is 0 Å². The molecule has 3 nitrogen and oxygen atoms in total. The number of aromatic nitrogens is 3. The summed E-state index contributed by atoms with van der Waals surface area (Å²) in [6.45, 7) is 0. The molecule has 0 aliphatic carbocycles. The summed E-state index contributed by atoms with van der Waals surface area (Å²) in [5.74, 6) is 0.647. The SMILES string of the molecule is Clc1nnc(Cl)c(SCc2ccccc2Cl)n1. The average molecular weight is 307 g/mol. The van der Waals surface area contributed by atoms with E-state index in [0.717, 1.165) is 5.56 Å². The van der Waals surface area contributed by atoms with Gasteiger partial charge in [-0.2, -0.15) is 0 Å². The topological polar surface area (TPSA) is 38.7 Å². The molecule has 0 saturated heterocycles. The number of nitrogens with zero attached hydrogens (tertiary/aromatic N) is 3. The lowest BCUT2D eigenvalue weighted by atomic mass is 10.2. The smallest absolute Gasteiger partial charge is 0.207 e. The summed E-state index contributed by atoms with van der Waals surface area (Å²) >= 11 is 19.0. The summed E-state index contributed by atoms with van der Waals surface area (Å²) in [4.78, 5) is 4.00. The van der Waals surface area contributed by atoms with Crippen LogP contribution in [0.3, 0.4) is 0 Å². The molecule has 0 unspecified atom stereocenters. The number of hydrogen-bond donors (Lipinski definition) is 0. The van der Waals surface area contributed by atoms with Gasteiger partial charge >= 0.3 is 0 Å². The molecule has 88 valence electrons. The van der Waals surface area contributed by atoms with Crippen molar-refractivity contribution in [1.29, 1.82) is 0 Å². The van der Waals surface area contributed by atoms with Crippen molar-refractivity contribution in [2.75, 3.05) is 0 Å². The minimum absolute atomic E-state index is 0.0797. The lowest BCUT2D eigenvalue weighted by Gasteiger charge is -2.04.